The van der Waals surface area contributed by atoms with E-state index in [2.05, 4.69) is 152 Å². The smallest absolute Gasteiger partial charge is 0.320 e. The summed E-state index contributed by atoms with van der Waals surface area (Å²) in [7, 11) is 3.16. The number of phenols is 1. The number of carbonyl (C=O) groups excluding carboxylic acids is 2. The number of halogens is 3. The Kier molecular flexibility index (Phi) is 32.8. The van der Waals surface area contributed by atoms with Gasteiger partial charge in [-0.05, 0) is 198 Å². The Bertz CT molecular complexity index is 6660. The molecule has 14 aromatic rings. The molecule has 735 valence electrons. The van der Waals surface area contributed by atoms with Crippen molar-refractivity contribution < 1.29 is 56.3 Å². The van der Waals surface area contributed by atoms with Gasteiger partial charge >= 0.3 is 12.1 Å². The largest absolute Gasteiger partial charge is 0.505 e. The van der Waals surface area contributed by atoms with Crippen LogP contribution >= 0.6 is 0 Å². The Hall–Kier alpha value is -11.7. The van der Waals surface area contributed by atoms with E-state index in [9.17, 15) is 19.1 Å². The molecule has 0 unspecified atom stereocenters. The first kappa shape index (κ1) is 102. The molecular weight excluding hydrogens is 1820 g/mol. The first-order valence-corrected chi connectivity index (χ1v) is 63.3. The van der Waals surface area contributed by atoms with Gasteiger partial charge < -0.3 is 67.2 Å². The minimum atomic E-state index is -1.31. The fraction of sp³-hybridized carbons (Fsp3) is 0.415. The number of aromatic amines is 2. The monoisotopic (exact) mass is 1960 g/mol. The number of aromatic nitrogens is 12. The number of nitrogens with zero attached hydrogens (tertiary/aromatic N) is 14. The number of benzene rings is 8. The van der Waals surface area contributed by atoms with Crippen LogP contribution in [0.15, 0.2) is 152 Å². The second kappa shape index (κ2) is 44.8. The van der Waals surface area contributed by atoms with Crippen molar-refractivity contribution in [3.05, 3.63) is 231 Å². The number of aryl methyl sites for hydroxylation is 4. The van der Waals surface area contributed by atoms with Crippen molar-refractivity contribution in [1.82, 2.24) is 78.4 Å². The summed E-state index contributed by atoms with van der Waals surface area (Å²) in [5.41, 5.74) is 20.7. The third-order valence-electron chi connectivity index (χ3n) is 25.3. The minimum absolute atomic E-state index is 0.0483. The number of nitrogens with one attached hydrogen (secondary N) is 2. The van der Waals surface area contributed by atoms with Gasteiger partial charge in [-0.3, -0.25) is 5.10 Å². The number of ether oxygens (including phenoxy) is 6. The highest BCUT2D eigenvalue weighted by Gasteiger charge is 2.36. The fourth-order valence-electron chi connectivity index (χ4n) is 17.3. The zero-order valence-corrected chi connectivity index (χ0v) is 88.6. The zero-order chi connectivity index (χ0) is 100. The molecule has 1 radical (unpaired) electrons. The Morgan fingerprint density at radius 2 is 0.892 bits per heavy atom. The summed E-state index contributed by atoms with van der Waals surface area (Å²) in [6, 6.07) is 51.8. The molecule has 0 saturated heterocycles. The van der Waals surface area contributed by atoms with E-state index in [1.165, 1.54) is 25.6 Å². The second-order valence-corrected chi connectivity index (χ2v) is 63.8. The molecule has 139 heavy (non-hydrogen) atoms. The van der Waals surface area contributed by atoms with E-state index < -0.39 is 43.9 Å². The topological polar surface area (TPSA) is 251 Å². The van der Waals surface area contributed by atoms with Gasteiger partial charge in [0, 0.05) is 109 Å². The van der Waals surface area contributed by atoms with Gasteiger partial charge in [-0.2, -0.15) is 15.3 Å². The van der Waals surface area contributed by atoms with Crippen molar-refractivity contribution in [3.63, 3.8) is 0 Å². The molecule has 6 aromatic heterocycles. The lowest BCUT2D eigenvalue weighted by Crippen LogP contribution is -2.35. The number of hydrogen-bond acceptors (Lipinski definition) is 15. The lowest BCUT2D eigenvalue weighted by Gasteiger charge is -2.21. The first-order valence-electron chi connectivity index (χ1n) is 49.0. The minimum Gasteiger partial charge on any atom is -0.505 e. The average molecular weight is 1960 g/mol. The molecule has 1 aliphatic carbocycles. The third kappa shape index (κ3) is 25.2. The van der Waals surface area contributed by atoms with Crippen molar-refractivity contribution in [2.45, 2.75) is 235 Å². The molecule has 0 atom stereocenters. The van der Waals surface area contributed by atoms with Crippen LogP contribution in [-0.2, 0) is 117 Å². The van der Waals surface area contributed by atoms with Crippen LogP contribution < -0.4 is 9.47 Å². The highest BCUT2D eigenvalue weighted by atomic mass is 28.3. The van der Waals surface area contributed by atoms with Crippen molar-refractivity contribution in [3.8, 4) is 85.2 Å². The van der Waals surface area contributed by atoms with Crippen LogP contribution in [0, 0.1) is 17.5 Å². The Labute approximate surface area is 822 Å². The summed E-state index contributed by atoms with van der Waals surface area (Å²) >= 11 is 0. The summed E-state index contributed by atoms with van der Waals surface area (Å²) < 4.78 is 96.6. The standard InChI is InChI=1S/C42H57FN6O4Si2.C40H53FN4O3Si2.C23H23FN6O2.CH4B/c1-10-31-23-39(53-27-30-14-12-11-13-15-30)35(43)24-34(31)32-16-17-33-37(22-32)49(29-52-19-21-55(7,8)9)45-40(33)41-44-36-25-47(42(50)46(2)3)26-38(36)48(41)28-51-18-20-54(4,5)6;1-8-30-24-38(48-26-29-13-10-9-11-14-29)34(41)25-33(30)31-17-18-32-37(23-31)45(28-47-20-22-50(5,6)7)43-39(32)40-42-35-15-12-16-36(35)44(40)27-46-19-21-49(2,3)4;1-4-12-8-20(31)16(24)9-15(12)13-5-6-14-17(7-13)27-28-21(14)22-25-18-10-30(11-19(18)26-22)23(32)29(2)3;1-2/h11-17,22-24H,10,18-21,25-29H2,1-9H3;9-11,13-14,17-18,23-25H,8,12,15-16,19-22,26-28H2,1-7H3;5-9,31H,4,10-11H2,1-3H3,(H,25,26)(H,27,28);2H,1H3/i;;;2T. The van der Waals surface area contributed by atoms with E-state index in [-0.39, 0.29) is 41.9 Å². The van der Waals surface area contributed by atoms with Crippen LogP contribution in [0.4, 0.5) is 22.8 Å². The maximum absolute atomic E-state index is 15.7. The Morgan fingerprint density at radius 3 is 1.35 bits per heavy atom. The number of urea groups is 2. The molecule has 0 saturated carbocycles. The summed E-state index contributed by atoms with van der Waals surface area (Å²) in [6.45, 7) is 42.6. The molecular formula is C106H137BF3N16O9Si4. The van der Waals surface area contributed by atoms with E-state index in [0.29, 0.717) is 110 Å². The molecule has 8 heterocycles. The number of hydrogen-bond donors (Lipinski definition) is 3. The highest BCUT2D eigenvalue weighted by Crippen LogP contribution is 2.43. The van der Waals surface area contributed by atoms with Gasteiger partial charge in [-0.1, -0.05) is 185 Å². The van der Waals surface area contributed by atoms with Gasteiger partial charge in [0.15, 0.2) is 52.2 Å². The van der Waals surface area contributed by atoms with Crippen LogP contribution in [-0.4, -0.2) is 192 Å². The van der Waals surface area contributed by atoms with Gasteiger partial charge in [0.05, 0.1) is 79.0 Å². The van der Waals surface area contributed by atoms with Gasteiger partial charge in [0.1, 0.15) is 57.2 Å². The normalized spacial score (nSPS) is 13.1. The van der Waals surface area contributed by atoms with E-state index in [0.717, 1.165) is 196 Å². The molecule has 3 N–H and O–H groups in total. The van der Waals surface area contributed by atoms with Crippen LogP contribution in [0.1, 0.15) is 89.2 Å². The summed E-state index contributed by atoms with van der Waals surface area (Å²) in [6.07, 6.45) is 5.19. The molecule has 3 aliphatic rings. The summed E-state index contributed by atoms with van der Waals surface area (Å²) in [5.74, 6) is 0.951. The van der Waals surface area contributed by atoms with Crippen LogP contribution in [0.25, 0.3) is 101 Å². The number of phenolic OH excluding ortho intramolecular Hbond substituents is 1. The number of fused-ring (bicyclic) bond motifs is 6. The molecule has 25 nitrogen and oxygen atoms in total. The van der Waals surface area contributed by atoms with Crippen molar-refractivity contribution in [1.29, 1.82) is 1.34 Å². The summed E-state index contributed by atoms with van der Waals surface area (Å²) in [5, 5.41) is 30.3. The average Bonchev–Trinajstić information content (AvgIpc) is 1.59. The van der Waals surface area contributed by atoms with Crippen molar-refractivity contribution >= 4 is 84.9 Å². The number of H-pyrrole nitrogens is 2. The van der Waals surface area contributed by atoms with E-state index in [1.807, 2.05) is 113 Å². The molecule has 8 aromatic carbocycles. The molecule has 17 rings (SSSR count). The Morgan fingerprint density at radius 1 is 0.475 bits per heavy atom. The molecule has 0 bridgehead atoms. The molecule has 4 amide bonds. The van der Waals surface area contributed by atoms with Crippen molar-refractivity contribution in [2.24, 2.45) is 0 Å². The van der Waals surface area contributed by atoms with Crippen molar-refractivity contribution in [2.75, 3.05) is 54.6 Å². The lowest BCUT2D eigenvalue weighted by molar-refractivity contribution is 0.0813. The number of rotatable bonds is 35. The molecule has 2 aliphatic heterocycles. The second-order valence-electron chi connectivity index (χ2n) is 41.3. The van der Waals surface area contributed by atoms with Gasteiger partial charge in [-0.25, -0.2) is 47.1 Å². The summed E-state index contributed by atoms with van der Waals surface area (Å²) in [4.78, 5) is 50.1. The van der Waals surface area contributed by atoms with Crippen LogP contribution in [0.3, 0.4) is 0 Å². The lowest BCUT2D eigenvalue weighted by atomic mass is 9.96. The molecule has 0 fully saturated rings. The van der Waals surface area contributed by atoms with Gasteiger partial charge in [0.2, 0.25) is 0 Å². The third-order valence-corrected chi connectivity index (χ3v) is 32.1. The predicted molar refractivity (Wildman–Crippen MR) is 561 cm³/mol. The van der Waals surface area contributed by atoms with Gasteiger partial charge in [0.25, 0.3) is 0 Å². The zero-order valence-electron chi connectivity index (χ0n) is 85.6. The first-order chi connectivity index (χ1) is 66.8. The van der Waals surface area contributed by atoms with E-state index in [1.54, 1.807) is 66.7 Å². The maximum Gasteiger partial charge on any atom is 0.320 e. The fourth-order valence-corrected chi connectivity index (χ4v) is 20.3. The number of carbonyl (C=O) groups is 2. The van der Waals surface area contributed by atoms with E-state index >= 15 is 8.78 Å². The predicted octanol–water partition coefficient (Wildman–Crippen LogP) is 23.4. The van der Waals surface area contributed by atoms with Crippen LogP contribution in [0.2, 0.25) is 110 Å². The number of amides is 4. The van der Waals surface area contributed by atoms with Gasteiger partial charge in [-0.15, -0.1) is 0 Å². The quantitative estimate of drug-likeness (QED) is 0.0247. The maximum atomic E-state index is 15.7. The molecule has 33 heteroatoms. The van der Waals surface area contributed by atoms with Crippen LogP contribution in [0.5, 0.6) is 17.2 Å². The SMILES string of the molecule is CCc1cc(O)c(F)cc1-c1ccc2c(-c3nc4c([nH]3)CN(C(=O)N(C)C)C4)n[nH]c2c1.CCc1cc(OCc2ccccc2)c(F)cc1-c1ccc2c(-c3nc4c(n3COCC[Si](C)(C)C)CCC4)nn(COCC[Si](C)(C)C)c2c1.CCc1cc(OCc2ccccc2)c(F)cc1-c1ccc2c(-c3nc4c(n3COCC[Si](C)(C)C)CN(C(=O)N(C)C)C4)nn(COCC[Si](C)(C)C)c2c1.[3H][B]C. The number of aromatic hydroxyl groups is 1. The Balaban J connectivity index is 0.000000170. The molecule has 0 spiro atoms. The van der Waals surface area contributed by atoms with E-state index in [4.69, 9.17) is 49.9 Å². The number of imidazole rings is 3. The highest BCUT2D eigenvalue weighted by molar-refractivity contribution is 6.77.